The summed E-state index contributed by atoms with van der Waals surface area (Å²) in [6.07, 6.45) is 9.51. The quantitative estimate of drug-likeness (QED) is 0.364. The Morgan fingerprint density at radius 2 is 1.55 bits per heavy atom. The Labute approximate surface area is 239 Å². The van der Waals surface area contributed by atoms with Gasteiger partial charge in [-0.3, -0.25) is 19.2 Å². The van der Waals surface area contributed by atoms with Crippen LogP contribution in [0.1, 0.15) is 119 Å². The molecule has 6 nitrogen and oxygen atoms in total. The van der Waals surface area contributed by atoms with Crippen molar-refractivity contribution in [2.45, 2.75) is 125 Å². The molecule has 0 aromatic rings. The summed E-state index contributed by atoms with van der Waals surface area (Å²) in [5, 5.41) is 10.1. The van der Waals surface area contributed by atoms with E-state index in [0.29, 0.717) is 25.7 Å². The fourth-order valence-electron chi connectivity index (χ4n) is 11.7. The summed E-state index contributed by atoms with van der Waals surface area (Å²) in [5.41, 5.74) is -1.97. The zero-order valence-electron chi connectivity index (χ0n) is 25.6. The number of aliphatic carboxylic acids is 1. The second kappa shape index (κ2) is 8.10. The van der Waals surface area contributed by atoms with Crippen molar-refractivity contribution >= 4 is 23.5 Å². The number of Topliss-reactive ketones (excluding diaryl/α,β-unsaturated/α-hetero) is 1. The van der Waals surface area contributed by atoms with Gasteiger partial charge in [0.25, 0.3) is 0 Å². The van der Waals surface area contributed by atoms with Crippen LogP contribution >= 0.6 is 0 Å². The SMILES string of the molecule is CC1(C)[C@H]2CC[C@]3(C)[C@@H](C(=O)C=C4[C@H]5C[C@@](C)(C(=O)O)CC[C@]5(C)CC[C@]43C)[C@@]2(C)CC[C@]12OC(=O)CCC2=O. The molecule has 9 atom stereocenters. The maximum absolute atomic E-state index is 14.5. The molecule has 220 valence electrons. The van der Waals surface area contributed by atoms with Gasteiger partial charge >= 0.3 is 11.9 Å². The van der Waals surface area contributed by atoms with Gasteiger partial charge in [-0.05, 0) is 104 Å². The largest absolute Gasteiger partial charge is 0.481 e. The first-order chi connectivity index (χ1) is 18.4. The van der Waals surface area contributed by atoms with Gasteiger partial charge in [-0.25, -0.2) is 0 Å². The van der Waals surface area contributed by atoms with Crippen LogP contribution < -0.4 is 0 Å². The Morgan fingerprint density at radius 1 is 0.875 bits per heavy atom. The second-order valence-electron chi connectivity index (χ2n) is 16.5. The Hall–Kier alpha value is -1.98. The molecule has 5 aliphatic carbocycles. The third-order valence-electron chi connectivity index (χ3n) is 14.6. The van der Waals surface area contributed by atoms with Gasteiger partial charge in [-0.1, -0.05) is 47.1 Å². The molecule has 40 heavy (non-hydrogen) atoms. The van der Waals surface area contributed by atoms with E-state index in [0.717, 1.165) is 32.1 Å². The molecule has 1 spiro atoms. The van der Waals surface area contributed by atoms with Gasteiger partial charge in [0.2, 0.25) is 0 Å². The van der Waals surface area contributed by atoms with E-state index in [-0.39, 0.29) is 69.8 Å². The van der Waals surface area contributed by atoms with E-state index in [1.165, 1.54) is 5.57 Å². The number of esters is 1. The van der Waals surface area contributed by atoms with E-state index < -0.39 is 22.4 Å². The first-order valence-corrected chi connectivity index (χ1v) is 15.6. The van der Waals surface area contributed by atoms with Crippen LogP contribution in [-0.2, 0) is 23.9 Å². The summed E-state index contributed by atoms with van der Waals surface area (Å²) in [4.78, 5) is 52.8. The van der Waals surface area contributed by atoms with Crippen molar-refractivity contribution in [3.05, 3.63) is 11.6 Å². The van der Waals surface area contributed by atoms with E-state index >= 15 is 0 Å². The van der Waals surface area contributed by atoms with Crippen LogP contribution in [0.3, 0.4) is 0 Å². The summed E-state index contributed by atoms with van der Waals surface area (Å²) >= 11 is 0. The maximum Gasteiger partial charge on any atom is 0.309 e. The van der Waals surface area contributed by atoms with Crippen LogP contribution in [0.25, 0.3) is 0 Å². The predicted octanol–water partition coefficient (Wildman–Crippen LogP) is 6.70. The monoisotopic (exact) mass is 552 g/mol. The molecule has 0 aromatic heterocycles. The van der Waals surface area contributed by atoms with Gasteiger partial charge in [0.05, 0.1) is 11.8 Å². The summed E-state index contributed by atoms with van der Waals surface area (Å²) in [6, 6.07) is 0. The molecule has 6 heteroatoms. The highest BCUT2D eigenvalue weighted by Crippen LogP contribution is 2.76. The third-order valence-corrected chi connectivity index (χ3v) is 14.6. The van der Waals surface area contributed by atoms with Crippen molar-refractivity contribution < 1.29 is 29.0 Å². The third kappa shape index (κ3) is 3.17. The zero-order valence-corrected chi connectivity index (χ0v) is 25.6. The van der Waals surface area contributed by atoms with Crippen molar-refractivity contribution in [2.24, 2.45) is 50.2 Å². The van der Waals surface area contributed by atoms with Crippen molar-refractivity contribution in [2.75, 3.05) is 0 Å². The van der Waals surface area contributed by atoms with Gasteiger partial charge in [-0.2, -0.15) is 0 Å². The molecule has 0 radical (unpaired) electrons. The standard InChI is InChI=1S/C34H48O6/c1-28(2)23-10-11-33(7)26(31(23,5)15-17-34(28)24(36)8-9-25(37)40-34)22(35)18-20-21-19-30(4,27(38)39)13-12-29(21,3)14-16-32(20,33)6/h18,21,23,26H,8-17,19H2,1-7H3,(H,38,39)/t21-,23-,26+,29-,30+,31+,32-,33-,34-/m1/s1. The van der Waals surface area contributed by atoms with Gasteiger partial charge in [0, 0.05) is 17.8 Å². The number of hydrogen-bond donors (Lipinski definition) is 1. The minimum absolute atomic E-state index is 0.0231. The molecular formula is C34H48O6. The molecule has 1 heterocycles. The molecule has 0 aromatic carbocycles. The van der Waals surface area contributed by atoms with Crippen LogP contribution in [0.2, 0.25) is 0 Å². The average Bonchev–Trinajstić information content (AvgIpc) is 2.86. The first-order valence-electron chi connectivity index (χ1n) is 15.6. The lowest BCUT2D eigenvalue weighted by molar-refractivity contribution is -0.241. The van der Waals surface area contributed by atoms with E-state index in [9.17, 15) is 24.3 Å². The summed E-state index contributed by atoms with van der Waals surface area (Å²) < 4.78 is 6.01. The lowest BCUT2D eigenvalue weighted by atomic mass is 9.32. The highest BCUT2D eigenvalue weighted by Gasteiger charge is 2.73. The Kier molecular flexibility index (Phi) is 5.70. The topological polar surface area (TPSA) is 97.7 Å². The molecule has 1 saturated heterocycles. The molecule has 0 bridgehead atoms. The zero-order chi connectivity index (χ0) is 29.3. The number of carboxylic acids is 1. The summed E-state index contributed by atoms with van der Waals surface area (Å²) in [6.45, 7) is 15.4. The summed E-state index contributed by atoms with van der Waals surface area (Å²) in [5.74, 6) is -0.788. The molecule has 1 N–H and O–H groups in total. The fraction of sp³-hybridized carbons (Fsp3) is 0.824. The number of fused-ring (bicyclic) bond motifs is 7. The normalized spacial score (nSPS) is 51.5. The Bertz CT molecular complexity index is 1250. The van der Waals surface area contributed by atoms with Crippen LogP contribution in [0.5, 0.6) is 0 Å². The molecule has 0 unspecified atom stereocenters. The average molecular weight is 553 g/mol. The molecule has 0 amide bonds. The van der Waals surface area contributed by atoms with Gasteiger partial charge in [0.15, 0.2) is 17.2 Å². The molecular weight excluding hydrogens is 504 g/mol. The molecule has 6 aliphatic rings. The van der Waals surface area contributed by atoms with Crippen LogP contribution in [0, 0.1) is 50.2 Å². The number of carbonyl (C=O) groups excluding carboxylic acids is 3. The highest BCUT2D eigenvalue weighted by atomic mass is 16.6. The van der Waals surface area contributed by atoms with Crippen LogP contribution in [0.4, 0.5) is 0 Å². The number of ether oxygens (including phenoxy) is 1. The number of rotatable bonds is 1. The second-order valence-corrected chi connectivity index (χ2v) is 16.5. The highest BCUT2D eigenvalue weighted by molar-refractivity contribution is 5.97. The van der Waals surface area contributed by atoms with Gasteiger partial charge in [0.1, 0.15) is 0 Å². The lowest BCUT2D eigenvalue weighted by Crippen LogP contribution is -2.71. The predicted molar refractivity (Wildman–Crippen MR) is 150 cm³/mol. The van der Waals surface area contributed by atoms with Crippen molar-refractivity contribution in [1.29, 1.82) is 0 Å². The molecule has 1 aliphatic heterocycles. The number of carbonyl (C=O) groups is 4. The Balaban J connectivity index is 1.43. The van der Waals surface area contributed by atoms with Crippen molar-refractivity contribution in [3.8, 4) is 0 Å². The summed E-state index contributed by atoms with van der Waals surface area (Å²) in [7, 11) is 0. The fourth-order valence-corrected chi connectivity index (χ4v) is 11.7. The molecule has 4 saturated carbocycles. The maximum atomic E-state index is 14.5. The minimum Gasteiger partial charge on any atom is -0.481 e. The van der Waals surface area contributed by atoms with Crippen LogP contribution in [-0.4, -0.2) is 34.2 Å². The Morgan fingerprint density at radius 3 is 2.23 bits per heavy atom. The van der Waals surface area contributed by atoms with Crippen molar-refractivity contribution in [3.63, 3.8) is 0 Å². The smallest absolute Gasteiger partial charge is 0.309 e. The van der Waals surface area contributed by atoms with E-state index in [1.807, 2.05) is 13.0 Å². The number of ketones is 2. The lowest BCUT2D eigenvalue weighted by Gasteiger charge is -2.71. The van der Waals surface area contributed by atoms with E-state index in [1.54, 1.807) is 0 Å². The number of hydrogen-bond acceptors (Lipinski definition) is 5. The number of carboxylic acid groups (broad SMARTS) is 1. The van der Waals surface area contributed by atoms with Gasteiger partial charge in [-0.15, -0.1) is 0 Å². The van der Waals surface area contributed by atoms with Crippen LogP contribution in [0.15, 0.2) is 11.6 Å². The molecule has 6 rings (SSSR count). The molecule has 5 fully saturated rings. The first kappa shape index (κ1) is 28.2. The van der Waals surface area contributed by atoms with E-state index in [4.69, 9.17) is 4.74 Å². The van der Waals surface area contributed by atoms with E-state index in [2.05, 4.69) is 41.5 Å². The van der Waals surface area contributed by atoms with Gasteiger partial charge < -0.3 is 9.84 Å². The van der Waals surface area contributed by atoms with Crippen molar-refractivity contribution in [1.82, 2.24) is 0 Å². The number of allylic oxidation sites excluding steroid dienone is 2. The minimum atomic E-state index is -1.10.